The number of halogens is 1. The summed E-state index contributed by atoms with van der Waals surface area (Å²) in [6.07, 6.45) is 2.34. The first-order valence-corrected chi connectivity index (χ1v) is 10.9. The molecule has 2 fully saturated rings. The summed E-state index contributed by atoms with van der Waals surface area (Å²) in [5, 5.41) is 3.67. The number of hydrogen-bond acceptors (Lipinski definition) is 4. The molecule has 1 aliphatic carbocycles. The number of hydrogen-bond donors (Lipinski definition) is 1. The molecule has 2 aromatic rings. The Labute approximate surface area is 187 Å². The van der Waals surface area contributed by atoms with Crippen molar-refractivity contribution in [2.75, 3.05) is 33.9 Å². The lowest BCUT2D eigenvalue weighted by Gasteiger charge is -2.21. The molecule has 2 aromatic carbocycles. The van der Waals surface area contributed by atoms with Gasteiger partial charge in [0.1, 0.15) is 11.5 Å². The van der Waals surface area contributed by atoms with Gasteiger partial charge in [-0.2, -0.15) is 0 Å². The number of nitrogens with one attached hydrogen (secondary N) is 1. The topological polar surface area (TPSA) is 67.9 Å². The highest BCUT2D eigenvalue weighted by atomic mass is 35.5. The highest BCUT2D eigenvalue weighted by Crippen LogP contribution is 2.40. The number of carbonyl (C=O) groups excluding carboxylic acids is 2. The molecule has 7 heteroatoms. The Bertz CT molecular complexity index is 959. The van der Waals surface area contributed by atoms with Gasteiger partial charge in [-0.15, -0.1) is 0 Å². The van der Waals surface area contributed by atoms with Crippen molar-refractivity contribution in [3.63, 3.8) is 0 Å². The summed E-state index contributed by atoms with van der Waals surface area (Å²) < 4.78 is 10.9. The van der Waals surface area contributed by atoms with Crippen LogP contribution in [0.4, 0.5) is 0 Å². The molecule has 2 aliphatic rings. The second-order valence-corrected chi connectivity index (χ2v) is 8.66. The zero-order valence-electron chi connectivity index (χ0n) is 17.8. The van der Waals surface area contributed by atoms with Gasteiger partial charge in [0.15, 0.2) is 0 Å². The number of methoxy groups -OCH3 is 2. The Morgan fingerprint density at radius 1 is 1.06 bits per heavy atom. The maximum atomic E-state index is 13.1. The van der Waals surface area contributed by atoms with E-state index < -0.39 is 0 Å². The van der Waals surface area contributed by atoms with Crippen LogP contribution >= 0.6 is 11.6 Å². The number of likely N-dealkylation sites (tertiary alicyclic amines) is 1. The van der Waals surface area contributed by atoms with Crippen LogP contribution in [0.3, 0.4) is 0 Å². The minimum absolute atomic E-state index is 0.0128. The standard InChI is InChI=1S/C24H27ClN2O4/c1-30-18-9-10-19(22(11-18)31-2)20-13-27(24(29)16-5-7-17(25)8-6-16)14-21(20)23(28)26-12-15-3-4-15/h5-11,15,20-21H,3-4,12-14H2,1-2H3,(H,26,28). The summed E-state index contributed by atoms with van der Waals surface area (Å²) in [7, 11) is 3.21. The molecule has 4 rings (SSSR count). The molecule has 1 saturated heterocycles. The molecule has 2 atom stereocenters. The Balaban J connectivity index is 1.61. The van der Waals surface area contributed by atoms with Crippen LogP contribution in [0.1, 0.15) is 34.7 Å². The van der Waals surface area contributed by atoms with E-state index in [9.17, 15) is 9.59 Å². The van der Waals surface area contributed by atoms with Crippen LogP contribution < -0.4 is 14.8 Å². The Kier molecular flexibility index (Phi) is 6.37. The van der Waals surface area contributed by atoms with Gasteiger partial charge < -0.3 is 19.7 Å². The van der Waals surface area contributed by atoms with E-state index in [0.29, 0.717) is 47.6 Å². The summed E-state index contributed by atoms with van der Waals surface area (Å²) in [6.45, 7) is 1.50. The molecule has 1 heterocycles. The maximum Gasteiger partial charge on any atom is 0.253 e. The van der Waals surface area contributed by atoms with Gasteiger partial charge in [0.05, 0.1) is 20.1 Å². The van der Waals surface area contributed by atoms with Crippen LogP contribution in [0.2, 0.25) is 5.02 Å². The van der Waals surface area contributed by atoms with Crippen molar-refractivity contribution >= 4 is 23.4 Å². The fourth-order valence-electron chi connectivity index (χ4n) is 4.15. The largest absolute Gasteiger partial charge is 0.497 e. The number of rotatable bonds is 7. The Morgan fingerprint density at radius 3 is 2.45 bits per heavy atom. The summed E-state index contributed by atoms with van der Waals surface area (Å²) in [5.41, 5.74) is 1.46. The van der Waals surface area contributed by atoms with Gasteiger partial charge in [0, 0.05) is 47.8 Å². The number of amides is 2. The van der Waals surface area contributed by atoms with Crippen molar-refractivity contribution in [1.82, 2.24) is 10.2 Å². The van der Waals surface area contributed by atoms with Gasteiger partial charge in [0.2, 0.25) is 5.91 Å². The number of nitrogens with zero attached hydrogens (tertiary/aromatic N) is 1. The van der Waals surface area contributed by atoms with E-state index in [-0.39, 0.29) is 23.7 Å². The predicted octanol–water partition coefficient (Wildman–Crippen LogP) is 3.74. The quantitative estimate of drug-likeness (QED) is 0.709. The molecule has 164 valence electrons. The number of benzene rings is 2. The average molecular weight is 443 g/mol. The average Bonchev–Trinajstić information content (AvgIpc) is 3.53. The smallest absolute Gasteiger partial charge is 0.253 e. The van der Waals surface area contributed by atoms with Crippen LogP contribution in [-0.4, -0.2) is 50.6 Å². The molecule has 0 aromatic heterocycles. The SMILES string of the molecule is COc1ccc(C2CN(C(=O)c3ccc(Cl)cc3)CC2C(=O)NCC2CC2)c(OC)c1. The van der Waals surface area contributed by atoms with Gasteiger partial charge in [0.25, 0.3) is 5.91 Å². The van der Waals surface area contributed by atoms with Crippen LogP contribution in [0.15, 0.2) is 42.5 Å². The molecule has 0 radical (unpaired) electrons. The summed E-state index contributed by atoms with van der Waals surface area (Å²) in [5.74, 6) is 1.29. The fraction of sp³-hybridized carbons (Fsp3) is 0.417. The molecule has 0 spiro atoms. The lowest BCUT2D eigenvalue weighted by Crippen LogP contribution is -2.36. The molecule has 2 unspecified atom stereocenters. The highest BCUT2D eigenvalue weighted by molar-refractivity contribution is 6.30. The molecule has 1 saturated carbocycles. The lowest BCUT2D eigenvalue weighted by atomic mass is 9.87. The monoisotopic (exact) mass is 442 g/mol. The van der Waals surface area contributed by atoms with Gasteiger partial charge >= 0.3 is 0 Å². The van der Waals surface area contributed by atoms with Crippen molar-refractivity contribution in [1.29, 1.82) is 0 Å². The second kappa shape index (κ2) is 9.18. The zero-order valence-corrected chi connectivity index (χ0v) is 18.5. The lowest BCUT2D eigenvalue weighted by molar-refractivity contribution is -0.125. The number of carbonyl (C=O) groups is 2. The Hall–Kier alpha value is -2.73. The van der Waals surface area contributed by atoms with Crippen LogP contribution in [0, 0.1) is 11.8 Å². The third-order valence-corrected chi connectivity index (χ3v) is 6.39. The molecule has 2 amide bonds. The van der Waals surface area contributed by atoms with Crippen LogP contribution in [-0.2, 0) is 4.79 Å². The first-order chi connectivity index (χ1) is 15.0. The molecular weight excluding hydrogens is 416 g/mol. The van der Waals surface area contributed by atoms with E-state index in [4.69, 9.17) is 21.1 Å². The van der Waals surface area contributed by atoms with E-state index in [2.05, 4.69) is 5.32 Å². The van der Waals surface area contributed by atoms with E-state index >= 15 is 0 Å². The fourth-order valence-corrected chi connectivity index (χ4v) is 4.27. The summed E-state index contributed by atoms with van der Waals surface area (Å²) in [6, 6.07) is 12.4. The number of ether oxygens (including phenoxy) is 2. The molecular formula is C24H27ClN2O4. The van der Waals surface area contributed by atoms with Crippen molar-refractivity contribution in [3.8, 4) is 11.5 Å². The third kappa shape index (κ3) is 4.79. The normalized spacial score (nSPS) is 20.4. The third-order valence-electron chi connectivity index (χ3n) is 6.14. The van der Waals surface area contributed by atoms with Crippen molar-refractivity contribution in [2.24, 2.45) is 11.8 Å². The van der Waals surface area contributed by atoms with E-state index in [1.54, 1.807) is 43.4 Å². The van der Waals surface area contributed by atoms with Gasteiger partial charge in [-0.1, -0.05) is 17.7 Å². The van der Waals surface area contributed by atoms with Crippen molar-refractivity contribution in [3.05, 3.63) is 58.6 Å². The van der Waals surface area contributed by atoms with E-state index in [0.717, 1.165) is 5.56 Å². The van der Waals surface area contributed by atoms with Crippen LogP contribution in [0.25, 0.3) is 0 Å². The summed E-state index contributed by atoms with van der Waals surface area (Å²) in [4.78, 5) is 28.0. The first-order valence-electron chi connectivity index (χ1n) is 10.5. The van der Waals surface area contributed by atoms with Gasteiger partial charge in [-0.25, -0.2) is 0 Å². The van der Waals surface area contributed by atoms with Gasteiger partial charge in [-0.3, -0.25) is 9.59 Å². The van der Waals surface area contributed by atoms with E-state index in [1.165, 1.54) is 12.8 Å². The summed E-state index contributed by atoms with van der Waals surface area (Å²) >= 11 is 5.97. The maximum absolute atomic E-state index is 13.1. The minimum Gasteiger partial charge on any atom is -0.497 e. The first kappa shape index (κ1) is 21.5. The highest BCUT2D eigenvalue weighted by Gasteiger charge is 2.42. The molecule has 6 nitrogen and oxygen atoms in total. The zero-order chi connectivity index (χ0) is 22.0. The molecule has 0 bridgehead atoms. The van der Waals surface area contributed by atoms with Crippen molar-refractivity contribution < 1.29 is 19.1 Å². The minimum atomic E-state index is -0.350. The Morgan fingerprint density at radius 2 is 1.81 bits per heavy atom. The predicted molar refractivity (Wildman–Crippen MR) is 119 cm³/mol. The molecule has 31 heavy (non-hydrogen) atoms. The van der Waals surface area contributed by atoms with E-state index in [1.807, 2.05) is 18.2 Å². The van der Waals surface area contributed by atoms with Crippen LogP contribution in [0.5, 0.6) is 11.5 Å². The molecule has 1 N–H and O–H groups in total. The van der Waals surface area contributed by atoms with Gasteiger partial charge in [-0.05, 0) is 49.1 Å². The van der Waals surface area contributed by atoms with Crippen molar-refractivity contribution in [2.45, 2.75) is 18.8 Å². The molecule has 1 aliphatic heterocycles. The second-order valence-electron chi connectivity index (χ2n) is 8.23.